The minimum atomic E-state index is -4.69. The Hall–Kier alpha value is -1.87. The molecule has 0 saturated carbocycles. The molecule has 0 radical (unpaired) electrons. The van der Waals surface area contributed by atoms with Gasteiger partial charge in [-0.25, -0.2) is 0 Å². The number of halogens is 3. The molecule has 0 aliphatic heterocycles. The standard InChI is InChI=1S/C11H13F3N2O4/c1-10(5-17,6-18)15-8-3-2-7(11(12,13)14)4-9(8)16(19)20/h2-4,15,17-18H,5-6H2,1H3. The molecular formula is C11H13F3N2O4. The van der Waals surface area contributed by atoms with Crippen LogP contribution >= 0.6 is 0 Å². The zero-order valence-electron chi connectivity index (χ0n) is 10.4. The Bertz CT molecular complexity index is 501. The van der Waals surface area contributed by atoms with Gasteiger partial charge >= 0.3 is 6.18 Å². The number of benzene rings is 1. The average Bonchev–Trinajstić information content (AvgIpc) is 2.37. The van der Waals surface area contributed by atoms with E-state index in [2.05, 4.69) is 5.32 Å². The van der Waals surface area contributed by atoms with Gasteiger partial charge in [0.1, 0.15) is 5.69 Å². The smallest absolute Gasteiger partial charge is 0.394 e. The summed E-state index contributed by atoms with van der Waals surface area (Å²) in [5.41, 5.74) is -3.43. The first-order valence-corrected chi connectivity index (χ1v) is 5.48. The van der Waals surface area contributed by atoms with E-state index in [-0.39, 0.29) is 5.69 Å². The average molecular weight is 294 g/mol. The maximum absolute atomic E-state index is 12.5. The van der Waals surface area contributed by atoms with Gasteiger partial charge in [-0.15, -0.1) is 0 Å². The van der Waals surface area contributed by atoms with Gasteiger partial charge in [0.2, 0.25) is 0 Å². The van der Waals surface area contributed by atoms with Crippen LogP contribution in [-0.4, -0.2) is 33.9 Å². The number of hydrogen-bond acceptors (Lipinski definition) is 5. The van der Waals surface area contributed by atoms with E-state index in [1.165, 1.54) is 6.92 Å². The highest BCUT2D eigenvalue weighted by atomic mass is 19.4. The molecule has 0 unspecified atom stereocenters. The summed E-state index contributed by atoms with van der Waals surface area (Å²) in [6, 6.07) is 1.98. The lowest BCUT2D eigenvalue weighted by molar-refractivity contribution is -0.384. The van der Waals surface area contributed by atoms with Gasteiger partial charge in [-0.3, -0.25) is 10.1 Å². The molecule has 0 spiro atoms. The van der Waals surface area contributed by atoms with Gasteiger partial charge in [0, 0.05) is 6.07 Å². The molecule has 0 heterocycles. The summed E-state index contributed by atoms with van der Waals surface area (Å²) < 4.78 is 37.5. The molecule has 0 aliphatic rings. The van der Waals surface area contributed by atoms with Crippen molar-refractivity contribution in [3.63, 3.8) is 0 Å². The molecule has 0 amide bonds. The summed E-state index contributed by atoms with van der Waals surface area (Å²) in [6.45, 7) is 0.262. The molecule has 20 heavy (non-hydrogen) atoms. The largest absolute Gasteiger partial charge is 0.416 e. The van der Waals surface area contributed by atoms with Crippen molar-refractivity contribution in [3.8, 4) is 0 Å². The van der Waals surface area contributed by atoms with Crippen molar-refractivity contribution in [1.29, 1.82) is 0 Å². The molecule has 112 valence electrons. The Kier molecular flexibility index (Phi) is 4.56. The molecule has 9 heteroatoms. The number of aliphatic hydroxyl groups is 2. The molecule has 3 N–H and O–H groups in total. The number of nitrogens with one attached hydrogen (secondary N) is 1. The van der Waals surface area contributed by atoms with Gasteiger partial charge in [0.25, 0.3) is 5.69 Å². The van der Waals surface area contributed by atoms with Crippen LogP contribution in [0.5, 0.6) is 0 Å². The van der Waals surface area contributed by atoms with E-state index in [4.69, 9.17) is 10.2 Å². The number of aliphatic hydroxyl groups excluding tert-OH is 2. The fourth-order valence-corrected chi connectivity index (χ4v) is 1.42. The van der Waals surface area contributed by atoms with Crippen LogP contribution < -0.4 is 5.32 Å². The Morgan fingerprint density at radius 3 is 2.25 bits per heavy atom. The molecular weight excluding hydrogens is 281 g/mol. The van der Waals surface area contributed by atoms with Gasteiger partial charge in [-0.05, 0) is 19.1 Å². The molecule has 1 rings (SSSR count). The van der Waals surface area contributed by atoms with Crippen molar-refractivity contribution in [2.75, 3.05) is 18.5 Å². The highest BCUT2D eigenvalue weighted by molar-refractivity contribution is 5.64. The molecule has 0 bridgehead atoms. The Morgan fingerprint density at radius 2 is 1.85 bits per heavy atom. The van der Waals surface area contributed by atoms with Gasteiger partial charge < -0.3 is 15.5 Å². The predicted molar refractivity (Wildman–Crippen MR) is 64.3 cm³/mol. The Morgan fingerprint density at radius 1 is 1.30 bits per heavy atom. The molecule has 0 fully saturated rings. The Labute approximate surface area is 112 Å². The molecule has 6 nitrogen and oxygen atoms in total. The van der Waals surface area contributed by atoms with Crippen LogP contribution in [0.2, 0.25) is 0 Å². The highest BCUT2D eigenvalue weighted by Gasteiger charge is 2.34. The van der Waals surface area contributed by atoms with Crippen LogP contribution in [0.3, 0.4) is 0 Å². The van der Waals surface area contributed by atoms with E-state index < -0.39 is 41.1 Å². The second kappa shape index (κ2) is 5.63. The van der Waals surface area contributed by atoms with E-state index in [1.807, 2.05) is 0 Å². The van der Waals surface area contributed by atoms with Crippen molar-refractivity contribution >= 4 is 11.4 Å². The summed E-state index contributed by atoms with van der Waals surface area (Å²) in [7, 11) is 0. The lowest BCUT2D eigenvalue weighted by Gasteiger charge is -2.27. The summed E-state index contributed by atoms with van der Waals surface area (Å²) in [5.74, 6) is 0. The third kappa shape index (κ3) is 3.58. The molecule has 0 atom stereocenters. The van der Waals surface area contributed by atoms with Gasteiger partial charge in [0.05, 0.1) is 29.2 Å². The number of alkyl halides is 3. The quantitative estimate of drug-likeness (QED) is 0.568. The summed E-state index contributed by atoms with van der Waals surface area (Å²) in [6.07, 6.45) is -4.69. The number of nitro benzene ring substituents is 1. The van der Waals surface area contributed by atoms with E-state index in [0.29, 0.717) is 12.1 Å². The topological polar surface area (TPSA) is 95.6 Å². The third-order valence-electron chi connectivity index (χ3n) is 2.66. The highest BCUT2D eigenvalue weighted by Crippen LogP contribution is 2.35. The van der Waals surface area contributed by atoms with Crippen LogP contribution in [0.1, 0.15) is 12.5 Å². The SMILES string of the molecule is CC(CO)(CO)Nc1ccc(C(F)(F)F)cc1[N+](=O)[O-]. The maximum Gasteiger partial charge on any atom is 0.416 e. The van der Waals surface area contributed by atoms with Gasteiger partial charge in [0.15, 0.2) is 0 Å². The second-order valence-electron chi connectivity index (χ2n) is 4.49. The number of nitro groups is 1. The summed E-state index contributed by atoms with van der Waals surface area (Å²) in [5, 5.41) is 31.5. The van der Waals surface area contributed by atoms with Crippen molar-refractivity contribution in [1.82, 2.24) is 0 Å². The zero-order chi connectivity index (χ0) is 15.6. The summed E-state index contributed by atoms with van der Waals surface area (Å²) >= 11 is 0. The van der Waals surface area contributed by atoms with Crippen LogP contribution in [0.15, 0.2) is 18.2 Å². The van der Waals surface area contributed by atoms with Gasteiger partial charge in [-0.1, -0.05) is 0 Å². The lowest BCUT2D eigenvalue weighted by atomic mass is 10.0. The first-order chi connectivity index (χ1) is 9.13. The van der Waals surface area contributed by atoms with Gasteiger partial charge in [-0.2, -0.15) is 13.2 Å². The van der Waals surface area contributed by atoms with E-state index in [1.54, 1.807) is 0 Å². The minimum Gasteiger partial charge on any atom is -0.394 e. The monoisotopic (exact) mass is 294 g/mol. The molecule has 1 aromatic carbocycles. The lowest BCUT2D eigenvalue weighted by Crippen LogP contribution is -2.42. The Balaban J connectivity index is 3.25. The normalized spacial score (nSPS) is 12.3. The maximum atomic E-state index is 12.5. The number of anilines is 1. The zero-order valence-corrected chi connectivity index (χ0v) is 10.4. The van der Waals surface area contributed by atoms with Crippen molar-refractivity contribution in [3.05, 3.63) is 33.9 Å². The van der Waals surface area contributed by atoms with Crippen molar-refractivity contribution < 1.29 is 28.3 Å². The molecule has 0 aliphatic carbocycles. The van der Waals surface area contributed by atoms with Crippen LogP contribution in [0.4, 0.5) is 24.5 Å². The van der Waals surface area contributed by atoms with Crippen LogP contribution in [0.25, 0.3) is 0 Å². The second-order valence-corrected chi connectivity index (χ2v) is 4.49. The van der Waals surface area contributed by atoms with E-state index in [9.17, 15) is 23.3 Å². The number of hydrogen-bond donors (Lipinski definition) is 3. The number of rotatable bonds is 5. The fraction of sp³-hybridized carbons (Fsp3) is 0.455. The predicted octanol–water partition coefficient (Wildman–Crippen LogP) is 1.77. The first kappa shape index (κ1) is 16.2. The molecule has 1 aromatic rings. The van der Waals surface area contributed by atoms with Crippen LogP contribution in [-0.2, 0) is 6.18 Å². The molecule has 0 saturated heterocycles. The van der Waals surface area contributed by atoms with E-state index >= 15 is 0 Å². The molecule has 0 aromatic heterocycles. The minimum absolute atomic E-state index is 0.214. The van der Waals surface area contributed by atoms with Crippen LogP contribution in [0, 0.1) is 10.1 Å². The third-order valence-corrected chi connectivity index (χ3v) is 2.66. The van der Waals surface area contributed by atoms with Crippen molar-refractivity contribution in [2.24, 2.45) is 0 Å². The number of nitrogens with zero attached hydrogens (tertiary/aromatic N) is 1. The summed E-state index contributed by atoms with van der Waals surface area (Å²) in [4.78, 5) is 9.87. The van der Waals surface area contributed by atoms with Crippen molar-refractivity contribution in [2.45, 2.75) is 18.6 Å². The fourth-order valence-electron chi connectivity index (χ4n) is 1.42. The first-order valence-electron chi connectivity index (χ1n) is 5.48. The van der Waals surface area contributed by atoms with E-state index in [0.717, 1.165) is 6.07 Å².